The molecule has 0 saturated heterocycles. The summed E-state index contributed by atoms with van der Waals surface area (Å²) in [7, 11) is 0. The van der Waals surface area contributed by atoms with Gasteiger partial charge in [-0.25, -0.2) is 0 Å². The number of carboxylic acid groups (broad SMARTS) is 2. The van der Waals surface area contributed by atoms with Crippen LogP contribution in [-0.4, -0.2) is 47.2 Å². The second kappa shape index (κ2) is 11.2. The molecule has 0 aromatic carbocycles. The minimum Gasteiger partial charge on any atom is -0.504 e. The van der Waals surface area contributed by atoms with Gasteiger partial charge in [0.15, 0.2) is 5.76 Å². The predicted molar refractivity (Wildman–Crippen MR) is 169 cm³/mol. The van der Waals surface area contributed by atoms with Crippen molar-refractivity contribution in [2.45, 2.75) is 53.4 Å². The molecule has 0 saturated carbocycles. The number of nitrogens with one attached hydrogen (secondary N) is 4. The zero-order valence-electron chi connectivity index (χ0n) is 24.8. The van der Waals surface area contributed by atoms with E-state index in [4.69, 9.17) is 0 Å². The maximum absolute atomic E-state index is 11.7. The number of carbonyl (C=O) groups is 2. The van der Waals surface area contributed by atoms with Crippen molar-refractivity contribution in [3.63, 3.8) is 0 Å². The van der Waals surface area contributed by atoms with Crippen LogP contribution in [0.3, 0.4) is 0 Å². The third-order valence-electron chi connectivity index (χ3n) is 8.49. The van der Waals surface area contributed by atoms with Crippen LogP contribution in [0.15, 0.2) is 13.2 Å². The van der Waals surface area contributed by atoms with Gasteiger partial charge in [0.2, 0.25) is 0 Å². The van der Waals surface area contributed by atoms with Gasteiger partial charge in [0.1, 0.15) is 0 Å². The number of rotatable bonds is 8. The average molecular weight is 581 g/mol. The number of aromatic amines is 4. The van der Waals surface area contributed by atoms with Gasteiger partial charge >= 0.3 is 11.9 Å². The average Bonchev–Trinajstić information content (AvgIpc) is 3.63. The highest BCUT2D eigenvalue weighted by atomic mass is 16.4. The Morgan fingerprint density at radius 2 is 1.28 bits per heavy atom. The molecule has 222 valence electrons. The van der Waals surface area contributed by atoms with Crippen LogP contribution < -0.4 is 21.4 Å². The summed E-state index contributed by atoms with van der Waals surface area (Å²) in [6.45, 7) is 15.8. The Morgan fingerprint density at radius 1 is 0.674 bits per heavy atom. The third kappa shape index (κ3) is 5.18. The van der Waals surface area contributed by atoms with Gasteiger partial charge in [0.25, 0.3) is 0 Å². The number of aromatic nitrogens is 4. The first kappa shape index (κ1) is 29.3. The Balaban J connectivity index is 1.96. The van der Waals surface area contributed by atoms with Crippen LogP contribution >= 0.6 is 0 Å². The van der Waals surface area contributed by atoms with Gasteiger partial charge < -0.3 is 35.3 Å². The number of hydrogen-bond donors (Lipinski definition) is 7. The molecule has 0 atom stereocenters. The van der Waals surface area contributed by atoms with Crippen molar-refractivity contribution in [3.8, 4) is 0 Å². The van der Waals surface area contributed by atoms with Crippen LogP contribution in [-0.2, 0) is 22.4 Å². The largest absolute Gasteiger partial charge is 0.504 e. The van der Waals surface area contributed by atoms with Crippen molar-refractivity contribution in [3.05, 3.63) is 102 Å². The Hall–Kier alpha value is -5.18. The molecule has 0 spiro atoms. The van der Waals surface area contributed by atoms with Crippen molar-refractivity contribution in [2.24, 2.45) is 0 Å². The molecule has 1 aliphatic heterocycles. The zero-order valence-corrected chi connectivity index (χ0v) is 24.8. The van der Waals surface area contributed by atoms with Crippen LogP contribution in [0, 0.1) is 27.7 Å². The van der Waals surface area contributed by atoms with Crippen LogP contribution in [0.25, 0.3) is 36.1 Å². The summed E-state index contributed by atoms with van der Waals surface area (Å²) in [6, 6.07) is 0. The normalized spacial score (nSPS) is 14.4. The second-order valence-electron chi connectivity index (χ2n) is 11.0. The third-order valence-corrected chi connectivity index (χ3v) is 8.49. The van der Waals surface area contributed by atoms with Gasteiger partial charge in [-0.2, -0.15) is 0 Å². The highest BCUT2D eigenvalue weighted by molar-refractivity contribution is 5.74. The monoisotopic (exact) mass is 580 g/mol. The van der Waals surface area contributed by atoms with Gasteiger partial charge in [-0.1, -0.05) is 25.3 Å². The molecule has 9 heteroatoms. The van der Waals surface area contributed by atoms with Gasteiger partial charge in [0, 0.05) is 57.1 Å². The van der Waals surface area contributed by atoms with Crippen LogP contribution in [0.2, 0.25) is 0 Å². The molecule has 4 aromatic rings. The molecule has 8 bridgehead atoms. The van der Waals surface area contributed by atoms with Crippen molar-refractivity contribution in [1.82, 2.24) is 19.9 Å². The molecule has 5 rings (SSSR count). The molecule has 0 amide bonds. The molecule has 0 unspecified atom stereocenters. The van der Waals surface area contributed by atoms with Crippen molar-refractivity contribution >= 4 is 48.1 Å². The van der Waals surface area contributed by atoms with E-state index in [0.717, 1.165) is 66.6 Å². The Kier molecular flexibility index (Phi) is 7.67. The fraction of sp³-hybridized carbons (Fsp3) is 0.235. The first-order valence-electron chi connectivity index (χ1n) is 14.1. The van der Waals surface area contributed by atoms with E-state index >= 15 is 0 Å². The maximum atomic E-state index is 11.7. The first-order chi connectivity index (χ1) is 20.4. The van der Waals surface area contributed by atoms with Crippen LogP contribution in [0.5, 0.6) is 0 Å². The molecule has 5 heterocycles. The SMILES string of the molecule is C=Cc1c2[nH]c(c1C)/C(O)=c1\[nH]/c(c(CCC(=O)O)c1C)=C\c1[nH]c(c(C)c1CCC(=O)O)C=c1[nH]c(c(C)c1C=C)=C2. The van der Waals surface area contributed by atoms with E-state index in [9.17, 15) is 24.9 Å². The maximum Gasteiger partial charge on any atom is 0.303 e. The van der Waals surface area contributed by atoms with E-state index < -0.39 is 11.9 Å². The lowest BCUT2D eigenvalue weighted by atomic mass is 10.0. The summed E-state index contributed by atoms with van der Waals surface area (Å²) in [5.41, 5.74) is 9.65. The molecule has 43 heavy (non-hydrogen) atoms. The minimum atomic E-state index is -0.927. The standard InChI is InChI=1S/C34H36N4O5/c1-7-20-16(3)24-14-27-21(8-2)18(5)32(37-27)34(43)33-19(6)23(10-12-31(41)42)29(38-33)15-28-22(9-11-30(39)40)17(4)25(36-28)13-26(20)35-24/h7-8,13-15,35-38,43H,1-2,9-12H2,3-6H3,(H,39,40)(H,41,42)/b24-14?,25-13?,26-13?,27-14?,28-15?,29-15-,34-32?,34-33+. The minimum absolute atomic E-state index is 0.000430. The van der Waals surface area contributed by atoms with Crippen molar-refractivity contribution < 1.29 is 24.9 Å². The second-order valence-corrected chi connectivity index (χ2v) is 11.0. The fourth-order valence-corrected chi connectivity index (χ4v) is 6.05. The molecular weight excluding hydrogens is 544 g/mol. The van der Waals surface area contributed by atoms with E-state index in [-0.39, 0.29) is 25.0 Å². The molecule has 1 aliphatic rings. The topological polar surface area (TPSA) is 158 Å². The number of aliphatic hydroxyl groups excluding tert-OH is 1. The predicted octanol–water partition coefficient (Wildman–Crippen LogP) is 3.07. The van der Waals surface area contributed by atoms with E-state index in [1.807, 2.05) is 45.9 Å². The van der Waals surface area contributed by atoms with E-state index in [2.05, 4.69) is 33.1 Å². The number of carboxylic acids is 2. The van der Waals surface area contributed by atoms with Crippen LogP contribution in [0.1, 0.15) is 80.1 Å². The van der Waals surface area contributed by atoms with Gasteiger partial charge in [0.05, 0.1) is 11.0 Å². The summed E-state index contributed by atoms with van der Waals surface area (Å²) in [5.74, 6) is -1.83. The zero-order chi connectivity index (χ0) is 31.2. The molecule has 0 fully saturated rings. The van der Waals surface area contributed by atoms with Crippen molar-refractivity contribution in [2.75, 3.05) is 0 Å². The Labute approximate surface area is 248 Å². The lowest BCUT2D eigenvalue weighted by Crippen LogP contribution is -2.16. The van der Waals surface area contributed by atoms with E-state index in [1.165, 1.54) is 0 Å². The highest BCUT2D eigenvalue weighted by Gasteiger charge is 2.20. The fourth-order valence-electron chi connectivity index (χ4n) is 6.05. The number of H-pyrrole nitrogens is 4. The van der Waals surface area contributed by atoms with E-state index in [1.54, 1.807) is 12.2 Å². The number of fused-ring (bicyclic) bond motifs is 8. The number of hydrogen-bond acceptors (Lipinski definition) is 3. The van der Waals surface area contributed by atoms with Gasteiger partial charge in [-0.3, -0.25) is 9.59 Å². The van der Waals surface area contributed by atoms with Crippen LogP contribution in [0.4, 0.5) is 0 Å². The van der Waals surface area contributed by atoms with Crippen molar-refractivity contribution in [1.29, 1.82) is 0 Å². The number of aliphatic carboxylic acids is 2. The number of aliphatic hydroxyl groups is 1. The molecule has 7 N–H and O–H groups in total. The van der Waals surface area contributed by atoms with E-state index in [0.29, 0.717) is 28.5 Å². The lowest BCUT2D eigenvalue weighted by Gasteiger charge is -2.02. The summed E-state index contributed by atoms with van der Waals surface area (Å²) >= 11 is 0. The molecule has 0 aliphatic carbocycles. The molecule has 4 aromatic heterocycles. The Bertz CT molecular complexity index is 2080. The summed E-state index contributed by atoms with van der Waals surface area (Å²) < 4.78 is 0. The first-order valence-corrected chi connectivity index (χ1v) is 14.1. The van der Waals surface area contributed by atoms with Gasteiger partial charge in [-0.05, 0) is 92.1 Å². The lowest BCUT2D eigenvalue weighted by molar-refractivity contribution is -0.138. The smallest absolute Gasteiger partial charge is 0.303 e. The Morgan fingerprint density at radius 3 is 1.91 bits per heavy atom. The summed E-state index contributed by atoms with van der Waals surface area (Å²) in [6.07, 6.45) is 9.83. The molecule has 9 nitrogen and oxygen atoms in total. The molecular formula is C34H36N4O5. The van der Waals surface area contributed by atoms with Gasteiger partial charge in [-0.15, -0.1) is 0 Å². The quantitative estimate of drug-likeness (QED) is 0.170. The summed E-state index contributed by atoms with van der Waals surface area (Å²) in [5, 5.41) is 33.4. The summed E-state index contributed by atoms with van der Waals surface area (Å²) in [4.78, 5) is 36.8. The molecule has 0 radical (unpaired) electrons. The highest BCUT2D eigenvalue weighted by Crippen LogP contribution is 2.25.